The summed E-state index contributed by atoms with van der Waals surface area (Å²) in [6.07, 6.45) is 0.683. The van der Waals surface area contributed by atoms with Crippen molar-refractivity contribution >= 4 is 11.3 Å². The second kappa shape index (κ2) is 5.34. The monoisotopic (exact) mass is 271 g/mol. The number of rotatable bonds is 4. The Hall–Kier alpha value is -1.98. The molecule has 19 heavy (non-hydrogen) atoms. The highest BCUT2D eigenvalue weighted by Crippen LogP contribution is 2.19. The zero-order valence-corrected chi connectivity index (χ0v) is 11.0. The van der Waals surface area contributed by atoms with E-state index in [2.05, 4.69) is 16.2 Å². The minimum atomic E-state index is -0.370. The van der Waals surface area contributed by atoms with Crippen LogP contribution in [0.25, 0.3) is 0 Å². The molecule has 4 nitrogen and oxygen atoms in total. The van der Waals surface area contributed by atoms with Crippen molar-refractivity contribution in [1.29, 1.82) is 0 Å². The van der Waals surface area contributed by atoms with Crippen LogP contribution in [0.4, 0.5) is 0 Å². The first-order valence-corrected chi connectivity index (χ1v) is 6.86. The fraction of sp³-hybridized carbons (Fsp3) is 0.143. The molecule has 1 atom stereocenters. The predicted molar refractivity (Wildman–Crippen MR) is 73.9 cm³/mol. The lowest BCUT2D eigenvalue weighted by Gasteiger charge is -2.05. The van der Waals surface area contributed by atoms with Crippen molar-refractivity contribution < 1.29 is 4.52 Å². The molecule has 2 heterocycles. The van der Waals surface area contributed by atoms with Crippen molar-refractivity contribution in [3.63, 3.8) is 0 Å². The van der Waals surface area contributed by atoms with Gasteiger partial charge in [-0.2, -0.15) is 4.98 Å². The molecular formula is C14H13N3OS. The minimum absolute atomic E-state index is 0.370. The predicted octanol–water partition coefficient (Wildman–Crippen LogP) is 2.77. The lowest BCUT2D eigenvalue weighted by molar-refractivity contribution is 0.363. The Morgan fingerprint density at radius 1 is 1.16 bits per heavy atom. The number of hydrogen-bond acceptors (Lipinski definition) is 5. The Labute approximate surface area is 114 Å². The van der Waals surface area contributed by atoms with Gasteiger partial charge in [-0.15, -0.1) is 11.3 Å². The summed E-state index contributed by atoms with van der Waals surface area (Å²) in [4.78, 5) is 5.57. The summed E-state index contributed by atoms with van der Waals surface area (Å²) >= 11 is 1.68. The van der Waals surface area contributed by atoms with E-state index in [0.29, 0.717) is 18.1 Å². The molecule has 0 aliphatic heterocycles. The smallest absolute Gasteiger partial charge is 0.248 e. The van der Waals surface area contributed by atoms with Crippen molar-refractivity contribution in [2.24, 2.45) is 5.73 Å². The molecule has 0 amide bonds. The van der Waals surface area contributed by atoms with Crippen molar-refractivity contribution in [3.8, 4) is 0 Å². The van der Waals surface area contributed by atoms with Gasteiger partial charge in [0.05, 0.1) is 0 Å². The number of nitrogens with two attached hydrogens (primary N) is 1. The molecule has 0 saturated carbocycles. The van der Waals surface area contributed by atoms with Gasteiger partial charge in [0.15, 0.2) is 5.82 Å². The molecule has 0 saturated heterocycles. The fourth-order valence-corrected chi connectivity index (χ4v) is 2.54. The second-order valence-corrected chi connectivity index (χ2v) is 5.23. The normalized spacial score (nSPS) is 12.5. The molecule has 5 heteroatoms. The quantitative estimate of drug-likeness (QED) is 0.792. The first kappa shape index (κ1) is 12.1. The topological polar surface area (TPSA) is 64.9 Å². The molecule has 0 aliphatic carbocycles. The molecule has 3 aromatic rings. The van der Waals surface area contributed by atoms with Gasteiger partial charge in [0, 0.05) is 11.3 Å². The molecular weight excluding hydrogens is 258 g/mol. The summed E-state index contributed by atoms with van der Waals surface area (Å²) in [7, 11) is 0. The third kappa shape index (κ3) is 2.72. The van der Waals surface area contributed by atoms with Gasteiger partial charge in [0.1, 0.15) is 6.04 Å². The molecule has 2 aromatic heterocycles. The van der Waals surface area contributed by atoms with Crippen LogP contribution in [-0.4, -0.2) is 10.1 Å². The van der Waals surface area contributed by atoms with Crippen LogP contribution in [0.1, 0.15) is 28.2 Å². The summed E-state index contributed by atoms with van der Waals surface area (Å²) in [5.74, 6) is 1.13. The minimum Gasteiger partial charge on any atom is -0.337 e. The third-order valence-corrected chi connectivity index (χ3v) is 3.70. The molecule has 3 rings (SSSR count). The summed E-state index contributed by atoms with van der Waals surface area (Å²) < 4.78 is 5.25. The molecule has 2 N–H and O–H groups in total. The molecule has 0 radical (unpaired) electrons. The van der Waals surface area contributed by atoms with Crippen LogP contribution in [0, 0.1) is 0 Å². The van der Waals surface area contributed by atoms with Gasteiger partial charge in [-0.25, -0.2) is 0 Å². The fourth-order valence-electron chi connectivity index (χ4n) is 1.84. The summed E-state index contributed by atoms with van der Waals surface area (Å²) in [5, 5.41) is 6.01. The van der Waals surface area contributed by atoms with E-state index in [1.165, 1.54) is 4.88 Å². The van der Waals surface area contributed by atoms with Gasteiger partial charge in [-0.05, 0) is 17.0 Å². The third-order valence-electron chi connectivity index (χ3n) is 2.82. The maximum atomic E-state index is 6.11. The maximum absolute atomic E-state index is 6.11. The highest BCUT2D eigenvalue weighted by molar-refractivity contribution is 7.09. The van der Waals surface area contributed by atoms with E-state index in [4.69, 9.17) is 10.3 Å². The van der Waals surface area contributed by atoms with Crippen LogP contribution in [0.5, 0.6) is 0 Å². The molecule has 0 fully saturated rings. The van der Waals surface area contributed by atoms with Gasteiger partial charge in [-0.3, -0.25) is 0 Å². The van der Waals surface area contributed by atoms with Crippen LogP contribution in [0.2, 0.25) is 0 Å². The highest BCUT2D eigenvalue weighted by atomic mass is 32.1. The molecule has 1 aromatic carbocycles. The summed E-state index contributed by atoms with van der Waals surface area (Å²) in [6, 6.07) is 13.4. The van der Waals surface area contributed by atoms with E-state index in [-0.39, 0.29) is 6.04 Å². The van der Waals surface area contributed by atoms with Crippen molar-refractivity contribution in [2.75, 3.05) is 0 Å². The van der Waals surface area contributed by atoms with E-state index in [1.807, 2.05) is 41.8 Å². The Kier molecular flexibility index (Phi) is 3.39. The van der Waals surface area contributed by atoms with E-state index in [0.717, 1.165) is 5.56 Å². The number of thiophene rings is 1. The molecule has 96 valence electrons. The maximum Gasteiger partial charge on any atom is 0.248 e. The molecule has 0 spiro atoms. The molecule has 0 unspecified atom stereocenters. The summed E-state index contributed by atoms with van der Waals surface area (Å²) in [5.41, 5.74) is 7.08. The van der Waals surface area contributed by atoms with Gasteiger partial charge in [0.25, 0.3) is 0 Å². The van der Waals surface area contributed by atoms with Crippen molar-refractivity contribution in [3.05, 3.63) is 70.0 Å². The standard InChI is InChI=1S/C14H13N3OS/c15-13(10-5-2-1-3-6-10)14-16-12(17-18-14)9-11-7-4-8-19-11/h1-8,13H,9,15H2/t13-/m1/s1. The van der Waals surface area contributed by atoms with Crippen molar-refractivity contribution in [2.45, 2.75) is 12.5 Å². The average molecular weight is 271 g/mol. The average Bonchev–Trinajstić information content (AvgIpc) is 3.11. The van der Waals surface area contributed by atoms with E-state index in [9.17, 15) is 0 Å². The Morgan fingerprint density at radius 3 is 2.74 bits per heavy atom. The van der Waals surface area contributed by atoms with Crippen LogP contribution < -0.4 is 5.73 Å². The number of aromatic nitrogens is 2. The van der Waals surface area contributed by atoms with E-state index < -0.39 is 0 Å². The Morgan fingerprint density at radius 2 is 2.00 bits per heavy atom. The van der Waals surface area contributed by atoms with E-state index in [1.54, 1.807) is 11.3 Å². The second-order valence-electron chi connectivity index (χ2n) is 4.19. The Bertz CT molecular complexity index is 634. The SMILES string of the molecule is N[C@H](c1ccccc1)c1nc(Cc2cccs2)no1. The molecule has 0 bridgehead atoms. The lowest BCUT2D eigenvalue weighted by atomic mass is 10.1. The summed E-state index contributed by atoms with van der Waals surface area (Å²) in [6.45, 7) is 0. The highest BCUT2D eigenvalue weighted by Gasteiger charge is 2.16. The number of hydrogen-bond donors (Lipinski definition) is 1. The van der Waals surface area contributed by atoms with Gasteiger partial charge < -0.3 is 10.3 Å². The van der Waals surface area contributed by atoms with Gasteiger partial charge in [-0.1, -0.05) is 41.6 Å². The first-order valence-electron chi connectivity index (χ1n) is 5.98. The molecule has 0 aliphatic rings. The van der Waals surface area contributed by atoms with Gasteiger partial charge in [0.2, 0.25) is 5.89 Å². The van der Waals surface area contributed by atoms with Crippen molar-refractivity contribution in [1.82, 2.24) is 10.1 Å². The van der Waals surface area contributed by atoms with Crippen LogP contribution in [0.3, 0.4) is 0 Å². The zero-order valence-electron chi connectivity index (χ0n) is 10.2. The van der Waals surface area contributed by atoms with Crippen LogP contribution in [0.15, 0.2) is 52.4 Å². The van der Waals surface area contributed by atoms with E-state index >= 15 is 0 Å². The largest absolute Gasteiger partial charge is 0.337 e. The first-order chi connectivity index (χ1) is 9.33. The van der Waals surface area contributed by atoms with Gasteiger partial charge >= 0.3 is 0 Å². The van der Waals surface area contributed by atoms with Crippen LogP contribution >= 0.6 is 11.3 Å². The zero-order chi connectivity index (χ0) is 13.1. The number of benzene rings is 1. The Balaban J connectivity index is 1.78. The lowest BCUT2D eigenvalue weighted by Crippen LogP contribution is -2.12. The number of nitrogens with zero attached hydrogens (tertiary/aromatic N) is 2. The van der Waals surface area contributed by atoms with Crippen LogP contribution in [-0.2, 0) is 6.42 Å².